The Morgan fingerprint density at radius 1 is 1.38 bits per heavy atom. The molecule has 0 aromatic heterocycles. The normalized spacial score (nSPS) is 10.9. The lowest BCUT2D eigenvalue weighted by Crippen LogP contribution is -2.37. The maximum absolute atomic E-state index is 10.8. The van der Waals surface area contributed by atoms with Gasteiger partial charge in [-0.3, -0.25) is 0 Å². The molecule has 0 fully saturated rings. The largest absolute Gasteiger partial charge is 0.389 e. The monoisotopic (exact) mass is 162 g/mol. The summed E-state index contributed by atoms with van der Waals surface area (Å²) in [6.07, 6.45) is 0. The van der Waals surface area contributed by atoms with E-state index in [2.05, 4.69) is 0 Å². The van der Waals surface area contributed by atoms with Gasteiger partial charge >= 0.3 is 16.6 Å². The van der Waals surface area contributed by atoms with E-state index in [4.69, 9.17) is 0 Å². The molecule has 0 aromatic rings. The van der Waals surface area contributed by atoms with Crippen LogP contribution in [0.5, 0.6) is 0 Å². The zero-order valence-electron chi connectivity index (χ0n) is 5.39. The highest BCUT2D eigenvalue weighted by Gasteiger charge is 2.25. The third-order valence-electron chi connectivity index (χ3n) is 0.846. The molecule has 0 spiro atoms. The highest BCUT2D eigenvalue weighted by atomic mass is 29.6. The molecular formula is C3H10O2Si3. The van der Waals surface area contributed by atoms with Gasteiger partial charge in [-0.05, 0) is 0 Å². The molecule has 0 radical (unpaired) electrons. The zero-order chi connectivity index (χ0) is 6.78. The van der Waals surface area contributed by atoms with Crippen LogP contribution in [0.4, 0.5) is 0 Å². The first-order chi connectivity index (χ1) is 3.48. The molecular weight excluding hydrogens is 152 g/mol. The van der Waals surface area contributed by atoms with Crippen molar-refractivity contribution in [1.29, 1.82) is 0 Å². The van der Waals surface area contributed by atoms with E-state index in [0.29, 0.717) is 0 Å². The molecule has 46 valence electrons. The van der Waals surface area contributed by atoms with Gasteiger partial charge in [0.25, 0.3) is 0 Å². The summed E-state index contributed by atoms with van der Waals surface area (Å²) < 4.78 is 20.9. The van der Waals surface area contributed by atoms with Crippen molar-refractivity contribution in [2.75, 3.05) is 0 Å². The minimum Gasteiger partial charge on any atom is -0.389 e. The Labute approximate surface area is 53.4 Å². The van der Waals surface area contributed by atoms with Gasteiger partial charge < -0.3 is 8.92 Å². The first-order valence-electron chi connectivity index (χ1n) is 2.48. The van der Waals surface area contributed by atoms with Gasteiger partial charge in [0.2, 0.25) is 0 Å². The van der Waals surface area contributed by atoms with E-state index in [1.165, 1.54) is 0 Å². The van der Waals surface area contributed by atoms with Crippen LogP contribution >= 0.6 is 0 Å². The number of rotatable bonds is 2. The topological polar surface area (TPSA) is 34.1 Å². The van der Waals surface area contributed by atoms with E-state index in [1.54, 1.807) is 0 Å². The lowest BCUT2D eigenvalue weighted by atomic mass is 11.8. The van der Waals surface area contributed by atoms with Gasteiger partial charge in [-0.15, -0.1) is 0 Å². The van der Waals surface area contributed by atoms with Gasteiger partial charge in [-0.1, -0.05) is 19.6 Å². The Morgan fingerprint density at radius 3 is 1.75 bits per heavy atom. The number of hydrogen-bond donors (Lipinski definition) is 0. The molecule has 2 nitrogen and oxygen atoms in total. The standard InChI is InChI=1S/C3H10O2Si3/c1-8(2,3)7(5)6-4/h6H,1-3H3. The highest BCUT2D eigenvalue weighted by molar-refractivity contribution is 7.42. The maximum Gasteiger partial charge on any atom is 0.307 e. The molecule has 0 heterocycles. The fourth-order valence-electron chi connectivity index (χ4n) is 0.177. The van der Waals surface area contributed by atoms with Gasteiger partial charge in [-0.25, -0.2) is 0 Å². The first kappa shape index (κ1) is 8.25. The van der Waals surface area contributed by atoms with Crippen molar-refractivity contribution in [3.8, 4) is 0 Å². The van der Waals surface area contributed by atoms with E-state index in [1.807, 2.05) is 19.6 Å². The first-order valence-corrected chi connectivity index (χ1v) is 10.7. The van der Waals surface area contributed by atoms with Crippen LogP contribution in [0.15, 0.2) is 0 Å². The maximum atomic E-state index is 10.8. The summed E-state index contributed by atoms with van der Waals surface area (Å²) in [4.78, 5) is 0. The van der Waals surface area contributed by atoms with Crippen LogP contribution in [0.1, 0.15) is 0 Å². The van der Waals surface area contributed by atoms with Crippen molar-refractivity contribution < 1.29 is 8.92 Å². The zero-order valence-corrected chi connectivity index (χ0v) is 8.55. The summed E-state index contributed by atoms with van der Waals surface area (Å²) in [6.45, 7) is 5.96. The van der Waals surface area contributed by atoms with Crippen molar-refractivity contribution in [2.24, 2.45) is 0 Å². The molecule has 0 saturated carbocycles. The molecule has 0 aromatic carbocycles. The Morgan fingerprint density at radius 2 is 1.75 bits per heavy atom. The van der Waals surface area contributed by atoms with Crippen molar-refractivity contribution >= 4 is 24.2 Å². The summed E-state index contributed by atoms with van der Waals surface area (Å²) in [7, 11) is -4.10. The van der Waals surface area contributed by atoms with Gasteiger partial charge in [-0.2, -0.15) is 0 Å². The van der Waals surface area contributed by atoms with Crippen LogP contribution in [-0.4, -0.2) is 24.2 Å². The van der Waals surface area contributed by atoms with Crippen molar-refractivity contribution in [2.45, 2.75) is 19.6 Å². The fourth-order valence-corrected chi connectivity index (χ4v) is 4.77. The van der Waals surface area contributed by atoms with E-state index in [0.717, 1.165) is 0 Å². The molecule has 0 saturated heterocycles. The van der Waals surface area contributed by atoms with E-state index in [-0.39, 0.29) is 0 Å². The summed E-state index contributed by atoms with van der Waals surface area (Å²) in [6, 6.07) is 0. The Hall–Kier alpha value is 0.251. The second-order valence-corrected chi connectivity index (χ2v) is 18.2. The molecule has 0 amide bonds. The molecule has 0 aliphatic carbocycles. The van der Waals surface area contributed by atoms with Crippen LogP contribution in [0.2, 0.25) is 19.6 Å². The summed E-state index contributed by atoms with van der Waals surface area (Å²) >= 11 is 0. The lowest BCUT2D eigenvalue weighted by molar-refractivity contribution is 0.562. The minimum atomic E-state index is -1.63. The second-order valence-electron chi connectivity index (χ2n) is 2.73. The van der Waals surface area contributed by atoms with Crippen LogP contribution in [0, 0.1) is 0 Å². The van der Waals surface area contributed by atoms with Crippen LogP contribution < -0.4 is 0 Å². The molecule has 5 heteroatoms. The summed E-state index contributed by atoms with van der Waals surface area (Å²) in [5.41, 5.74) is 0. The van der Waals surface area contributed by atoms with Crippen LogP contribution in [-0.2, 0) is 8.92 Å². The average Bonchev–Trinajstić information content (AvgIpc) is 1.62. The smallest absolute Gasteiger partial charge is 0.307 e. The molecule has 0 N–H and O–H groups in total. The quantitative estimate of drug-likeness (QED) is 0.540. The van der Waals surface area contributed by atoms with Crippen LogP contribution in [0.3, 0.4) is 0 Å². The van der Waals surface area contributed by atoms with Crippen molar-refractivity contribution in [3.63, 3.8) is 0 Å². The molecule has 0 atom stereocenters. The summed E-state index contributed by atoms with van der Waals surface area (Å²) in [5.74, 6) is 0. The van der Waals surface area contributed by atoms with Crippen molar-refractivity contribution in [3.05, 3.63) is 0 Å². The van der Waals surface area contributed by atoms with E-state index in [9.17, 15) is 8.92 Å². The predicted octanol–water partition coefficient (Wildman–Crippen LogP) is 0.104. The fraction of sp³-hybridized carbons (Fsp3) is 1.00. The SMILES string of the molecule is C[Si](C)(C)[Si](=O)[SiH]=O. The number of hydrogen-bond acceptors (Lipinski definition) is 2. The summed E-state index contributed by atoms with van der Waals surface area (Å²) in [5, 5.41) is 0. The van der Waals surface area contributed by atoms with Gasteiger partial charge in [0.1, 0.15) is 7.59 Å². The molecule has 8 heavy (non-hydrogen) atoms. The molecule has 0 aliphatic heterocycles. The third-order valence-corrected chi connectivity index (χ3v) is 16.5. The molecule has 0 rings (SSSR count). The third kappa shape index (κ3) is 2.53. The van der Waals surface area contributed by atoms with E-state index >= 15 is 0 Å². The van der Waals surface area contributed by atoms with Crippen molar-refractivity contribution in [1.82, 2.24) is 0 Å². The van der Waals surface area contributed by atoms with E-state index < -0.39 is 24.2 Å². The Bertz CT molecular complexity index is 114. The highest BCUT2D eigenvalue weighted by Crippen LogP contribution is 1.96. The van der Waals surface area contributed by atoms with Crippen LogP contribution in [0.25, 0.3) is 0 Å². The molecule has 0 unspecified atom stereocenters. The molecule has 0 bridgehead atoms. The van der Waals surface area contributed by atoms with Gasteiger partial charge in [0, 0.05) is 0 Å². The van der Waals surface area contributed by atoms with Gasteiger partial charge in [0.15, 0.2) is 0 Å². The van der Waals surface area contributed by atoms with Gasteiger partial charge in [0.05, 0.1) is 0 Å². The Balaban J connectivity index is 4.02. The predicted molar refractivity (Wildman–Crippen MR) is 37.6 cm³/mol. The minimum absolute atomic E-state index is 0.983. The lowest BCUT2D eigenvalue weighted by Gasteiger charge is -2.05. The Kier molecular flexibility index (Phi) is 2.78. The average molecular weight is 162 g/mol. The second kappa shape index (κ2) is 2.70. The molecule has 0 aliphatic rings.